The minimum absolute atomic E-state index is 0.0804. The number of para-hydroxylation sites is 2. The second-order valence-corrected chi connectivity index (χ2v) is 6.25. The number of hydrogen-bond donors (Lipinski definition) is 2. The molecule has 0 atom stereocenters. The topological polar surface area (TPSA) is 49.3 Å². The van der Waals surface area contributed by atoms with E-state index in [0.29, 0.717) is 10.2 Å². The van der Waals surface area contributed by atoms with Crippen LogP contribution in [-0.2, 0) is 0 Å². The fourth-order valence-electron chi connectivity index (χ4n) is 1.50. The van der Waals surface area contributed by atoms with Crippen molar-refractivity contribution in [1.82, 2.24) is 0 Å². The normalized spacial score (nSPS) is 10.3. The van der Waals surface area contributed by atoms with Gasteiger partial charge >= 0.3 is 0 Å². The monoisotopic (exact) mass is 447 g/mol. The minimum atomic E-state index is -0.383. The number of aromatic hydroxyl groups is 1. The smallest absolute Gasteiger partial charge is 0.259 e. The Hall–Kier alpha value is -0.850. The SMILES string of the molecule is O=C(Nc1c(Br)cccc1Br)c1cccc(Br)c1O. The van der Waals surface area contributed by atoms with Gasteiger partial charge in [0.25, 0.3) is 5.91 Å². The van der Waals surface area contributed by atoms with Crippen LogP contribution in [0.3, 0.4) is 0 Å². The van der Waals surface area contributed by atoms with E-state index < -0.39 is 0 Å². The number of rotatable bonds is 2. The second kappa shape index (κ2) is 6.07. The fourth-order valence-corrected chi connectivity index (χ4v) is 3.06. The number of halogens is 3. The van der Waals surface area contributed by atoms with Crippen LogP contribution in [0.4, 0.5) is 5.69 Å². The first-order valence-corrected chi connectivity index (χ1v) is 7.61. The molecule has 0 fully saturated rings. The van der Waals surface area contributed by atoms with Crippen LogP contribution in [0.1, 0.15) is 10.4 Å². The Morgan fingerprint density at radius 3 is 2.11 bits per heavy atom. The zero-order valence-electron chi connectivity index (χ0n) is 9.45. The minimum Gasteiger partial charge on any atom is -0.506 e. The van der Waals surface area contributed by atoms with Gasteiger partial charge in [0.05, 0.1) is 15.7 Å². The zero-order chi connectivity index (χ0) is 14.0. The standard InChI is InChI=1S/C13H8Br3NO2/c14-8-4-2-5-9(15)11(8)17-13(19)7-3-1-6-10(16)12(7)18/h1-6,18H,(H,17,19). The van der Waals surface area contributed by atoms with Crippen molar-refractivity contribution in [2.75, 3.05) is 5.32 Å². The summed E-state index contributed by atoms with van der Waals surface area (Å²) in [6.45, 7) is 0. The van der Waals surface area contributed by atoms with E-state index in [2.05, 4.69) is 53.1 Å². The van der Waals surface area contributed by atoms with Crippen LogP contribution in [-0.4, -0.2) is 11.0 Å². The Balaban J connectivity index is 2.34. The number of carbonyl (C=O) groups excluding carboxylic acids is 1. The molecule has 0 unspecified atom stereocenters. The molecule has 6 heteroatoms. The van der Waals surface area contributed by atoms with Gasteiger partial charge in [-0.15, -0.1) is 0 Å². The lowest BCUT2D eigenvalue weighted by Gasteiger charge is -2.11. The molecule has 0 aliphatic carbocycles. The molecule has 2 rings (SSSR count). The van der Waals surface area contributed by atoms with Gasteiger partial charge in [-0.3, -0.25) is 4.79 Å². The molecular formula is C13H8Br3NO2. The van der Waals surface area contributed by atoms with E-state index in [1.807, 2.05) is 18.2 Å². The van der Waals surface area contributed by atoms with Gasteiger partial charge in [-0.05, 0) is 72.1 Å². The summed E-state index contributed by atoms with van der Waals surface area (Å²) in [5.74, 6) is -0.463. The van der Waals surface area contributed by atoms with E-state index in [1.165, 1.54) is 0 Å². The first-order chi connectivity index (χ1) is 9.00. The molecule has 2 N–H and O–H groups in total. The quantitative estimate of drug-likeness (QED) is 0.682. The summed E-state index contributed by atoms with van der Waals surface area (Å²) in [5.41, 5.74) is 0.823. The molecule has 1 amide bonds. The lowest BCUT2D eigenvalue weighted by atomic mass is 10.2. The number of hydrogen-bond acceptors (Lipinski definition) is 2. The highest BCUT2D eigenvalue weighted by atomic mass is 79.9. The molecule has 19 heavy (non-hydrogen) atoms. The Labute approximate surface area is 135 Å². The first-order valence-electron chi connectivity index (χ1n) is 5.23. The van der Waals surface area contributed by atoms with Crippen LogP contribution in [0.15, 0.2) is 49.8 Å². The van der Waals surface area contributed by atoms with Crippen molar-refractivity contribution in [1.29, 1.82) is 0 Å². The molecule has 2 aromatic carbocycles. The predicted octanol–water partition coefficient (Wildman–Crippen LogP) is 4.93. The van der Waals surface area contributed by atoms with Gasteiger partial charge in [0.1, 0.15) is 5.75 Å². The number of phenols is 1. The maximum atomic E-state index is 12.2. The number of amides is 1. The van der Waals surface area contributed by atoms with Crippen molar-refractivity contribution in [2.45, 2.75) is 0 Å². The highest BCUT2D eigenvalue weighted by Crippen LogP contribution is 2.32. The van der Waals surface area contributed by atoms with Crippen molar-refractivity contribution >= 4 is 59.4 Å². The molecule has 0 bridgehead atoms. The third kappa shape index (κ3) is 3.19. The summed E-state index contributed by atoms with van der Waals surface area (Å²) >= 11 is 9.91. The van der Waals surface area contributed by atoms with Crippen molar-refractivity contribution < 1.29 is 9.90 Å². The molecule has 0 aromatic heterocycles. The number of carbonyl (C=O) groups is 1. The molecule has 3 nitrogen and oxygen atoms in total. The van der Waals surface area contributed by atoms with Crippen LogP contribution < -0.4 is 5.32 Å². The molecule has 0 aliphatic heterocycles. The molecule has 0 saturated heterocycles. The predicted molar refractivity (Wildman–Crippen MR) is 85.6 cm³/mol. The summed E-state index contributed by atoms with van der Waals surface area (Å²) in [6.07, 6.45) is 0. The van der Waals surface area contributed by atoms with Crippen molar-refractivity contribution in [3.8, 4) is 5.75 Å². The molecule has 98 valence electrons. The van der Waals surface area contributed by atoms with Crippen LogP contribution in [0.25, 0.3) is 0 Å². The van der Waals surface area contributed by atoms with Crippen LogP contribution in [0.5, 0.6) is 5.75 Å². The maximum Gasteiger partial charge on any atom is 0.259 e. The average Bonchev–Trinajstić information content (AvgIpc) is 2.37. The molecular weight excluding hydrogens is 442 g/mol. The van der Waals surface area contributed by atoms with E-state index in [0.717, 1.165) is 8.95 Å². The van der Waals surface area contributed by atoms with E-state index in [4.69, 9.17) is 0 Å². The highest BCUT2D eigenvalue weighted by Gasteiger charge is 2.15. The third-order valence-electron chi connectivity index (χ3n) is 2.43. The Bertz CT molecular complexity index is 624. The van der Waals surface area contributed by atoms with Crippen LogP contribution >= 0.6 is 47.8 Å². The average molecular weight is 450 g/mol. The molecule has 0 spiro atoms. The third-order valence-corrected chi connectivity index (χ3v) is 4.39. The van der Waals surface area contributed by atoms with Gasteiger partial charge in [0.2, 0.25) is 0 Å². The van der Waals surface area contributed by atoms with E-state index in [9.17, 15) is 9.90 Å². The van der Waals surface area contributed by atoms with Crippen molar-refractivity contribution in [3.05, 3.63) is 55.4 Å². The lowest BCUT2D eigenvalue weighted by molar-refractivity contribution is 0.102. The first kappa shape index (κ1) is 14.6. The lowest BCUT2D eigenvalue weighted by Crippen LogP contribution is -2.13. The van der Waals surface area contributed by atoms with Gasteiger partial charge in [0.15, 0.2) is 0 Å². The maximum absolute atomic E-state index is 12.2. The van der Waals surface area contributed by atoms with Gasteiger partial charge in [-0.1, -0.05) is 12.1 Å². The van der Waals surface area contributed by atoms with Crippen LogP contribution in [0, 0.1) is 0 Å². The summed E-state index contributed by atoms with van der Waals surface area (Å²) in [4.78, 5) is 12.2. The van der Waals surface area contributed by atoms with Crippen molar-refractivity contribution in [2.24, 2.45) is 0 Å². The van der Waals surface area contributed by atoms with Gasteiger partial charge in [-0.25, -0.2) is 0 Å². The van der Waals surface area contributed by atoms with Gasteiger partial charge in [0, 0.05) is 8.95 Å². The summed E-state index contributed by atoms with van der Waals surface area (Å²) in [6, 6.07) is 10.4. The fraction of sp³-hybridized carbons (Fsp3) is 0. The Morgan fingerprint density at radius 1 is 0.947 bits per heavy atom. The van der Waals surface area contributed by atoms with E-state index in [-0.39, 0.29) is 17.2 Å². The molecule has 0 aliphatic rings. The Kier molecular flexibility index (Phi) is 4.65. The zero-order valence-corrected chi connectivity index (χ0v) is 14.2. The van der Waals surface area contributed by atoms with Crippen molar-refractivity contribution in [3.63, 3.8) is 0 Å². The number of benzene rings is 2. The molecule has 0 saturated carbocycles. The molecule has 2 aromatic rings. The highest BCUT2D eigenvalue weighted by molar-refractivity contribution is 9.11. The molecule has 0 heterocycles. The Morgan fingerprint density at radius 2 is 1.47 bits per heavy atom. The second-order valence-electron chi connectivity index (χ2n) is 3.69. The van der Waals surface area contributed by atoms with Crippen LogP contribution in [0.2, 0.25) is 0 Å². The molecule has 0 radical (unpaired) electrons. The number of nitrogens with one attached hydrogen (secondary N) is 1. The van der Waals surface area contributed by atoms with E-state index in [1.54, 1.807) is 18.2 Å². The summed E-state index contributed by atoms with van der Waals surface area (Å²) in [7, 11) is 0. The number of phenolic OH excluding ortho intramolecular Hbond substituents is 1. The van der Waals surface area contributed by atoms with Gasteiger partial charge < -0.3 is 10.4 Å². The van der Waals surface area contributed by atoms with E-state index >= 15 is 0 Å². The number of anilines is 1. The summed E-state index contributed by atoms with van der Waals surface area (Å²) in [5, 5.41) is 12.6. The van der Waals surface area contributed by atoms with Gasteiger partial charge in [-0.2, -0.15) is 0 Å². The largest absolute Gasteiger partial charge is 0.506 e. The summed E-state index contributed by atoms with van der Waals surface area (Å²) < 4.78 is 1.99.